The second-order valence-electron chi connectivity index (χ2n) is 7.02. The van der Waals surface area contributed by atoms with Crippen LogP contribution in [-0.2, 0) is 11.3 Å². The number of nitrogens with one attached hydrogen (secondary N) is 4. The molecular weight excluding hydrogens is 413 g/mol. The van der Waals surface area contributed by atoms with E-state index in [1.807, 2.05) is 0 Å². The molecular formula is C21H23F3N4O3. The van der Waals surface area contributed by atoms with Crippen LogP contribution in [0.2, 0.25) is 0 Å². The summed E-state index contributed by atoms with van der Waals surface area (Å²) in [6.07, 6.45) is -4.49. The molecule has 4 N–H and O–H groups in total. The van der Waals surface area contributed by atoms with Crippen LogP contribution in [0.4, 0.5) is 29.3 Å². The first-order valence-corrected chi connectivity index (χ1v) is 9.43. The van der Waals surface area contributed by atoms with E-state index in [1.165, 1.54) is 24.3 Å². The van der Waals surface area contributed by atoms with Crippen LogP contribution in [0.25, 0.3) is 0 Å². The number of urea groups is 1. The van der Waals surface area contributed by atoms with E-state index in [1.54, 1.807) is 43.4 Å². The van der Waals surface area contributed by atoms with E-state index in [4.69, 9.17) is 0 Å². The number of rotatable bonds is 7. The largest absolute Gasteiger partial charge is 0.405 e. The van der Waals surface area contributed by atoms with Crippen molar-refractivity contribution in [2.45, 2.75) is 26.6 Å². The summed E-state index contributed by atoms with van der Waals surface area (Å²) < 4.78 is 36.4. The molecule has 0 saturated heterocycles. The summed E-state index contributed by atoms with van der Waals surface area (Å²) in [4.78, 5) is 35.4. The van der Waals surface area contributed by atoms with Crippen molar-refractivity contribution < 1.29 is 27.6 Å². The van der Waals surface area contributed by atoms with Crippen molar-refractivity contribution in [3.8, 4) is 0 Å². The smallest absolute Gasteiger partial charge is 0.343 e. The highest BCUT2D eigenvalue weighted by Crippen LogP contribution is 2.14. The molecule has 4 amide bonds. The molecule has 7 nitrogen and oxygen atoms in total. The molecule has 0 aliphatic rings. The molecule has 0 aliphatic heterocycles. The second-order valence-corrected chi connectivity index (χ2v) is 7.02. The van der Waals surface area contributed by atoms with Crippen LogP contribution < -0.4 is 21.3 Å². The second kappa shape index (κ2) is 10.5. The van der Waals surface area contributed by atoms with E-state index in [9.17, 15) is 27.6 Å². The molecule has 2 rings (SSSR count). The highest BCUT2D eigenvalue weighted by molar-refractivity contribution is 5.95. The minimum atomic E-state index is -4.49. The topological polar surface area (TPSA) is 99.3 Å². The summed E-state index contributed by atoms with van der Waals surface area (Å²) in [5.41, 5.74) is 1.89. The molecule has 2 aromatic rings. The molecule has 0 fully saturated rings. The van der Waals surface area contributed by atoms with E-state index in [-0.39, 0.29) is 23.9 Å². The predicted molar refractivity (Wildman–Crippen MR) is 111 cm³/mol. The quantitative estimate of drug-likeness (QED) is 0.530. The molecule has 0 heterocycles. The van der Waals surface area contributed by atoms with Crippen LogP contribution in [0.3, 0.4) is 0 Å². The first-order valence-electron chi connectivity index (χ1n) is 9.43. The molecule has 0 spiro atoms. The maximum atomic E-state index is 12.1. The Morgan fingerprint density at radius 1 is 0.839 bits per heavy atom. The fourth-order valence-electron chi connectivity index (χ4n) is 2.34. The highest BCUT2D eigenvalue weighted by Gasteiger charge is 2.27. The minimum absolute atomic E-state index is 0.0415. The van der Waals surface area contributed by atoms with Gasteiger partial charge in [0.25, 0.3) is 5.91 Å². The normalized spacial score (nSPS) is 11.0. The lowest BCUT2D eigenvalue weighted by Gasteiger charge is -2.11. The Hall–Kier alpha value is -3.56. The zero-order valence-electron chi connectivity index (χ0n) is 17.0. The zero-order valence-corrected chi connectivity index (χ0v) is 17.0. The van der Waals surface area contributed by atoms with Gasteiger partial charge in [-0.05, 0) is 42.0 Å². The van der Waals surface area contributed by atoms with Gasteiger partial charge in [0.2, 0.25) is 5.91 Å². The SMILES string of the molecule is CC(C)C(=O)Nc1ccc(CNC(=O)Nc2ccc(C(=O)NCC(F)(F)F)cc2)cc1. The van der Waals surface area contributed by atoms with Gasteiger partial charge in [-0.3, -0.25) is 9.59 Å². The number of hydrogen-bond donors (Lipinski definition) is 4. The molecule has 10 heteroatoms. The van der Waals surface area contributed by atoms with Crippen LogP contribution in [0.1, 0.15) is 29.8 Å². The number of carbonyl (C=O) groups excluding carboxylic acids is 3. The van der Waals surface area contributed by atoms with Crippen molar-refractivity contribution in [1.82, 2.24) is 10.6 Å². The number of halogens is 3. The van der Waals surface area contributed by atoms with Crippen molar-refractivity contribution in [3.05, 3.63) is 59.7 Å². The molecule has 0 atom stereocenters. The average Bonchev–Trinajstić information content (AvgIpc) is 2.71. The number of amides is 4. The van der Waals surface area contributed by atoms with Gasteiger partial charge >= 0.3 is 12.2 Å². The van der Waals surface area contributed by atoms with Gasteiger partial charge in [0.1, 0.15) is 6.54 Å². The summed E-state index contributed by atoms with van der Waals surface area (Å²) in [5.74, 6) is -1.08. The van der Waals surface area contributed by atoms with Crippen LogP contribution >= 0.6 is 0 Å². The van der Waals surface area contributed by atoms with E-state index >= 15 is 0 Å². The number of hydrogen-bond acceptors (Lipinski definition) is 3. The molecule has 0 saturated carbocycles. The minimum Gasteiger partial charge on any atom is -0.343 e. The van der Waals surface area contributed by atoms with Crippen molar-refractivity contribution >= 4 is 29.2 Å². The molecule has 0 aromatic heterocycles. The summed E-state index contributed by atoms with van der Waals surface area (Å²) in [5, 5.41) is 9.77. The van der Waals surface area contributed by atoms with Crippen LogP contribution in [-0.4, -0.2) is 30.6 Å². The number of alkyl halides is 3. The Labute approximate surface area is 177 Å². The van der Waals surface area contributed by atoms with Gasteiger partial charge in [-0.1, -0.05) is 26.0 Å². The lowest BCUT2D eigenvalue weighted by Crippen LogP contribution is -2.33. The van der Waals surface area contributed by atoms with Crippen molar-refractivity contribution in [3.63, 3.8) is 0 Å². The predicted octanol–water partition coefficient (Wildman–Crippen LogP) is 3.89. The first-order chi connectivity index (χ1) is 14.5. The van der Waals surface area contributed by atoms with Crippen molar-refractivity contribution in [1.29, 1.82) is 0 Å². The lowest BCUT2D eigenvalue weighted by atomic mass is 10.1. The standard InChI is InChI=1S/C21H23F3N4O3/c1-13(2)18(29)27-16-7-3-14(4-8-16)11-25-20(31)28-17-9-5-15(6-10-17)19(30)26-12-21(22,23)24/h3-10,13H,11-12H2,1-2H3,(H,26,30)(H,27,29)(H2,25,28,31). The van der Waals surface area contributed by atoms with Crippen LogP contribution in [0, 0.1) is 5.92 Å². The van der Waals surface area contributed by atoms with Crippen LogP contribution in [0.5, 0.6) is 0 Å². The third-order valence-electron chi connectivity index (χ3n) is 4.05. The average molecular weight is 436 g/mol. The van der Waals surface area contributed by atoms with Gasteiger partial charge in [0, 0.05) is 29.4 Å². The number of carbonyl (C=O) groups is 3. The van der Waals surface area contributed by atoms with Crippen LogP contribution in [0.15, 0.2) is 48.5 Å². The first kappa shape index (κ1) is 23.7. The Morgan fingerprint density at radius 2 is 1.39 bits per heavy atom. The Balaban J connectivity index is 1.81. The summed E-state index contributed by atoms with van der Waals surface area (Å²) in [7, 11) is 0. The fraction of sp³-hybridized carbons (Fsp3) is 0.286. The molecule has 0 radical (unpaired) electrons. The zero-order chi connectivity index (χ0) is 23.0. The van der Waals surface area contributed by atoms with Gasteiger partial charge in [-0.2, -0.15) is 13.2 Å². The Bertz CT molecular complexity index is 911. The monoisotopic (exact) mass is 436 g/mol. The van der Waals surface area contributed by atoms with E-state index < -0.39 is 24.7 Å². The molecule has 0 aliphatic carbocycles. The summed E-state index contributed by atoms with van der Waals surface area (Å²) >= 11 is 0. The van der Waals surface area contributed by atoms with Crippen molar-refractivity contribution in [2.75, 3.05) is 17.2 Å². The molecule has 166 valence electrons. The van der Waals surface area contributed by atoms with Crippen molar-refractivity contribution in [2.24, 2.45) is 5.92 Å². The maximum Gasteiger partial charge on any atom is 0.405 e. The molecule has 0 unspecified atom stereocenters. The summed E-state index contributed by atoms with van der Waals surface area (Å²) in [6.45, 7) is 2.41. The van der Waals surface area contributed by atoms with E-state index in [0.29, 0.717) is 11.4 Å². The number of anilines is 2. The van der Waals surface area contributed by atoms with Gasteiger partial charge < -0.3 is 21.3 Å². The Morgan fingerprint density at radius 3 is 1.94 bits per heavy atom. The molecule has 31 heavy (non-hydrogen) atoms. The third kappa shape index (κ3) is 8.37. The molecule has 0 bridgehead atoms. The van der Waals surface area contributed by atoms with Gasteiger partial charge in [0.05, 0.1) is 0 Å². The third-order valence-corrected chi connectivity index (χ3v) is 4.05. The fourth-order valence-corrected chi connectivity index (χ4v) is 2.34. The van der Waals surface area contributed by atoms with Gasteiger partial charge in [-0.25, -0.2) is 4.79 Å². The van der Waals surface area contributed by atoms with Gasteiger partial charge in [0.15, 0.2) is 0 Å². The maximum absolute atomic E-state index is 12.1. The Kier molecular flexibility index (Phi) is 8.00. The summed E-state index contributed by atoms with van der Waals surface area (Å²) in [6, 6.07) is 12.0. The number of benzene rings is 2. The highest BCUT2D eigenvalue weighted by atomic mass is 19.4. The van der Waals surface area contributed by atoms with E-state index in [0.717, 1.165) is 5.56 Å². The molecule has 2 aromatic carbocycles. The van der Waals surface area contributed by atoms with Gasteiger partial charge in [-0.15, -0.1) is 0 Å². The van der Waals surface area contributed by atoms with E-state index in [2.05, 4.69) is 16.0 Å². The lowest BCUT2D eigenvalue weighted by molar-refractivity contribution is -0.123.